The van der Waals surface area contributed by atoms with Gasteiger partial charge in [0.05, 0.1) is 17.7 Å². The number of hydrogen-bond donors (Lipinski definition) is 0. The monoisotopic (exact) mass is 402 g/mol. The molecule has 1 atom stereocenters. The van der Waals surface area contributed by atoms with Gasteiger partial charge in [-0.1, -0.05) is 18.2 Å². The molecular formula is C23H34N2O4. The fourth-order valence-electron chi connectivity index (χ4n) is 4.36. The molecule has 2 fully saturated rings. The molecule has 0 radical (unpaired) electrons. The molecule has 0 saturated carbocycles. The fraction of sp³-hybridized carbons (Fsp3) is 0.652. The predicted octanol–water partition coefficient (Wildman–Crippen LogP) is 4.10. The number of rotatable bonds is 1. The number of carbonyl (C=O) groups excluding carboxylic acids is 2. The number of nitrogens with zero attached hydrogens (tertiary/aromatic N) is 2. The molecule has 2 saturated heterocycles. The van der Waals surface area contributed by atoms with E-state index in [1.54, 1.807) is 4.90 Å². The first kappa shape index (κ1) is 21.6. The Kier molecular flexibility index (Phi) is 5.95. The molecule has 29 heavy (non-hydrogen) atoms. The van der Waals surface area contributed by atoms with Crippen molar-refractivity contribution in [3.8, 4) is 0 Å². The maximum Gasteiger partial charge on any atom is 0.410 e. The number of hydrogen-bond acceptors (Lipinski definition) is 4. The molecule has 2 heterocycles. The van der Waals surface area contributed by atoms with Crippen molar-refractivity contribution in [2.75, 3.05) is 26.2 Å². The second-order valence-corrected chi connectivity index (χ2v) is 9.89. The van der Waals surface area contributed by atoms with Gasteiger partial charge in [-0.15, -0.1) is 0 Å². The second kappa shape index (κ2) is 7.98. The first-order valence-electron chi connectivity index (χ1n) is 10.5. The predicted molar refractivity (Wildman–Crippen MR) is 112 cm³/mol. The molecule has 1 aromatic rings. The van der Waals surface area contributed by atoms with Crippen LogP contribution in [0.1, 0.15) is 64.2 Å². The van der Waals surface area contributed by atoms with Crippen LogP contribution >= 0.6 is 0 Å². The van der Waals surface area contributed by atoms with Crippen molar-refractivity contribution in [1.29, 1.82) is 0 Å². The maximum absolute atomic E-state index is 13.1. The number of ether oxygens (including phenoxy) is 2. The van der Waals surface area contributed by atoms with Crippen molar-refractivity contribution in [1.82, 2.24) is 9.80 Å². The molecule has 6 nitrogen and oxygen atoms in total. The lowest BCUT2D eigenvalue weighted by molar-refractivity contribution is -0.192. The molecule has 1 aromatic carbocycles. The summed E-state index contributed by atoms with van der Waals surface area (Å²) in [5, 5.41) is 0. The number of morpholine rings is 1. The molecule has 0 bridgehead atoms. The Morgan fingerprint density at radius 1 is 1.00 bits per heavy atom. The van der Waals surface area contributed by atoms with E-state index in [0.717, 1.165) is 12.8 Å². The Morgan fingerprint density at radius 3 is 2.34 bits per heavy atom. The zero-order chi connectivity index (χ0) is 21.3. The van der Waals surface area contributed by atoms with E-state index in [4.69, 9.17) is 9.47 Å². The van der Waals surface area contributed by atoms with E-state index in [2.05, 4.69) is 0 Å². The highest BCUT2D eigenvalue weighted by atomic mass is 16.6. The Balaban J connectivity index is 1.74. The van der Waals surface area contributed by atoms with Crippen LogP contribution in [0, 0.1) is 0 Å². The van der Waals surface area contributed by atoms with Crippen LogP contribution in [-0.4, -0.2) is 64.8 Å². The highest BCUT2D eigenvalue weighted by molar-refractivity contribution is 5.94. The first-order chi connectivity index (χ1) is 13.5. The van der Waals surface area contributed by atoms with E-state index in [0.29, 0.717) is 38.2 Å². The molecule has 0 aliphatic carbocycles. The molecule has 2 amide bonds. The normalized spacial score (nSPS) is 24.9. The van der Waals surface area contributed by atoms with Crippen LogP contribution in [0.5, 0.6) is 0 Å². The highest BCUT2D eigenvalue weighted by Gasteiger charge is 2.46. The molecule has 1 unspecified atom stereocenters. The summed E-state index contributed by atoms with van der Waals surface area (Å²) in [6.07, 6.45) is 2.05. The first-order valence-corrected chi connectivity index (χ1v) is 10.5. The summed E-state index contributed by atoms with van der Waals surface area (Å²) in [4.78, 5) is 29.3. The smallest absolute Gasteiger partial charge is 0.410 e. The zero-order valence-electron chi connectivity index (χ0n) is 18.4. The number of carbonyl (C=O) groups is 2. The maximum atomic E-state index is 13.1. The van der Waals surface area contributed by atoms with E-state index in [9.17, 15) is 9.59 Å². The molecule has 6 heteroatoms. The average molecular weight is 403 g/mol. The summed E-state index contributed by atoms with van der Waals surface area (Å²) in [7, 11) is 0. The number of benzene rings is 1. The molecule has 2 aliphatic rings. The van der Waals surface area contributed by atoms with Gasteiger partial charge in [-0.05, 0) is 66.0 Å². The number of amides is 2. The lowest BCUT2D eigenvalue weighted by Gasteiger charge is -2.50. The van der Waals surface area contributed by atoms with E-state index < -0.39 is 16.8 Å². The van der Waals surface area contributed by atoms with Crippen LogP contribution in [-0.2, 0) is 9.47 Å². The molecule has 0 N–H and O–H groups in total. The van der Waals surface area contributed by atoms with Gasteiger partial charge in [-0.2, -0.15) is 0 Å². The standard InChI is InChI=1S/C23H34N2O4/c1-21(2,3)28-20(27)24-14-9-12-23(13-15-24)17-25(16-22(4,5)29-23)19(26)18-10-7-6-8-11-18/h6-8,10-11H,9,12-17H2,1-5H3. The van der Waals surface area contributed by atoms with Gasteiger partial charge in [0.15, 0.2) is 0 Å². The SMILES string of the molecule is CC(C)(C)OC(=O)N1CCCC2(CC1)CN(C(=O)c1ccccc1)CC(C)(C)O2. The van der Waals surface area contributed by atoms with Gasteiger partial charge >= 0.3 is 6.09 Å². The third-order valence-electron chi connectivity index (χ3n) is 5.40. The number of likely N-dealkylation sites (tertiary alicyclic amines) is 1. The van der Waals surface area contributed by atoms with Crippen LogP contribution < -0.4 is 0 Å². The van der Waals surface area contributed by atoms with Crippen LogP contribution in [0.4, 0.5) is 4.79 Å². The fourth-order valence-corrected chi connectivity index (χ4v) is 4.36. The van der Waals surface area contributed by atoms with E-state index in [-0.39, 0.29) is 12.0 Å². The largest absolute Gasteiger partial charge is 0.444 e. The van der Waals surface area contributed by atoms with Gasteiger partial charge in [0.2, 0.25) is 0 Å². The Morgan fingerprint density at radius 2 is 1.69 bits per heavy atom. The Hall–Kier alpha value is -2.08. The molecule has 160 valence electrons. The van der Waals surface area contributed by atoms with Crippen molar-refractivity contribution in [3.63, 3.8) is 0 Å². The third-order valence-corrected chi connectivity index (χ3v) is 5.40. The summed E-state index contributed by atoms with van der Waals surface area (Å²) in [5.74, 6) is 0.0367. The average Bonchev–Trinajstić information content (AvgIpc) is 2.81. The highest BCUT2D eigenvalue weighted by Crippen LogP contribution is 2.37. The van der Waals surface area contributed by atoms with Gasteiger partial charge in [-0.3, -0.25) is 4.79 Å². The van der Waals surface area contributed by atoms with Crippen molar-refractivity contribution in [2.45, 2.75) is 70.7 Å². The van der Waals surface area contributed by atoms with Crippen LogP contribution in [0.25, 0.3) is 0 Å². The molecule has 3 rings (SSSR count). The van der Waals surface area contributed by atoms with Crippen LogP contribution in [0.2, 0.25) is 0 Å². The Bertz CT molecular complexity index is 741. The molecule has 2 aliphatic heterocycles. The topological polar surface area (TPSA) is 59.1 Å². The Labute approximate surface area is 174 Å². The summed E-state index contributed by atoms with van der Waals surface area (Å²) in [6.45, 7) is 12.0. The summed E-state index contributed by atoms with van der Waals surface area (Å²) >= 11 is 0. The van der Waals surface area contributed by atoms with Crippen molar-refractivity contribution in [3.05, 3.63) is 35.9 Å². The van der Waals surface area contributed by atoms with E-state index in [1.807, 2.05) is 69.9 Å². The molecular weight excluding hydrogens is 368 g/mol. The minimum Gasteiger partial charge on any atom is -0.444 e. The minimum atomic E-state index is -0.511. The third kappa shape index (κ3) is 5.50. The van der Waals surface area contributed by atoms with Gasteiger partial charge < -0.3 is 19.3 Å². The second-order valence-electron chi connectivity index (χ2n) is 9.89. The van der Waals surface area contributed by atoms with Crippen LogP contribution in [0.15, 0.2) is 30.3 Å². The van der Waals surface area contributed by atoms with Gasteiger partial charge in [-0.25, -0.2) is 4.79 Å². The van der Waals surface area contributed by atoms with Crippen molar-refractivity contribution < 1.29 is 19.1 Å². The quantitative estimate of drug-likeness (QED) is 0.710. The molecule has 0 aromatic heterocycles. The summed E-state index contributed by atoms with van der Waals surface area (Å²) in [5.41, 5.74) is -0.694. The van der Waals surface area contributed by atoms with Gasteiger partial charge in [0, 0.05) is 25.2 Å². The molecule has 1 spiro atoms. The summed E-state index contributed by atoms with van der Waals surface area (Å²) < 4.78 is 12.1. The van der Waals surface area contributed by atoms with Gasteiger partial charge in [0.1, 0.15) is 5.60 Å². The minimum absolute atomic E-state index is 0.0367. The van der Waals surface area contributed by atoms with Crippen molar-refractivity contribution in [2.24, 2.45) is 0 Å². The summed E-state index contributed by atoms with van der Waals surface area (Å²) in [6, 6.07) is 9.40. The zero-order valence-corrected chi connectivity index (χ0v) is 18.4. The van der Waals surface area contributed by atoms with E-state index >= 15 is 0 Å². The van der Waals surface area contributed by atoms with E-state index in [1.165, 1.54) is 0 Å². The van der Waals surface area contributed by atoms with Crippen LogP contribution in [0.3, 0.4) is 0 Å². The van der Waals surface area contributed by atoms with Crippen molar-refractivity contribution >= 4 is 12.0 Å². The van der Waals surface area contributed by atoms with Gasteiger partial charge in [0.25, 0.3) is 5.91 Å². The lowest BCUT2D eigenvalue weighted by atomic mass is 9.88. The lowest BCUT2D eigenvalue weighted by Crippen LogP contribution is -2.61.